The lowest BCUT2D eigenvalue weighted by Gasteiger charge is -2.06. The normalized spacial score (nSPS) is 12.3. The van der Waals surface area contributed by atoms with E-state index in [1.165, 1.54) is 12.1 Å². The SMILES string of the molecule is Nc1ccccc1S(=O)Cc1ccc(Cl)cc1F. The second-order valence-corrected chi connectivity index (χ2v) is 5.62. The van der Waals surface area contributed by atoms with Gasteiger partial charge in [0.05, 0.1) is 21.4 Å². The Bertz CT molecular complexity index is 603. The highest BCUT2D eigenvalue weighted by Gasteiger charge is 2.11. The monoisotopic (exact) mass is 283 g/mol. The molecule has 2 N–H and O–H groups in total. The third-order valence-corrected chi connectivity index (χ3v) is 4.14. The maximum Gasteiger partial charge on any atom is 0.128 e. The maximum absolute atomic E-state index is 13.6. The Labute approximate surface area is 112 Å². The Hall–Kier alpha value is -1.39. The first-order chi connectivity index (χ1) is 8.58. The topological polar surface area (TPSA) is 43.1 Å². The summed E-state index contributed by atoms with van der Waals surface area (Å²) in [6.45, 7) is 0. The van der Waals surface area contributed by atoms with Gasteiger partial charge in [-0.1, -0.05) is 29.8 Å². The molecule has 0 radical (unpaired) electrons. The van der Waals surface area contributed by atoms with Gasteiger partial charge in [-0.3, -0.25) is 4.21 Å². The van der Waals surface area contributed by atoms with Gasteiger partial charge in [-0.25, -0.2) is 4.39 Å². The van der Waals surface area contributed by atoms with Crippen molar-refractivity contribution < 1.29 is 8.60 Å². The lowest BCUT2D eigenvalue weighted by molar-refractivity contribution is 0.615. The van der Waals surface area contributed by atoms with Gasteiger partial charge in [0.1, 0.15) is 5.82 Å². The predicted molar refractivity (Wildman–Crippen MR) is 72.4 cm³/mol. The zero-order valence-corrected chi connectivity index (χ0v) is 11.0. The van der Waals surface area contributed by atoms with E-state index in [1.54, 1.807) is 30.3 Å². The highest BCUT2D eigenvalue weighted by molar-refractivity contribution is 7.84. The van der Waals surface area contributed by atoms with Gasteiger partial charge >= 0.3 is 0 Å². The Morgan fingerprint density at radius 1 is 1.22 bits per heavy atom. The van der Waals surface area contributed by atoms with E-state index in [0.29, 0.717) is 21.2 Å². The molecule has 18 heavy (non-hydrogen) atoms. The van der Waals surface area contributed by atoms with Crippen molar-refractivity contribution in [2.45, 2.75) is 10.6 Å². The summed E-state index contributed by atoms with van der Waals surface area (Å²) in [6.07, 6.45) is 0. The average molecular weight is 284 g/mol. The highest BCUT2D eigenvalue weighted by Crippen LogP contribution is 2.21. The number of hydrogen-bond acceptors (Lipinski definition) is 2. The minimum Gasteiger partial charge on any atom is -0.398 e. The zero-order chi connectivity index (χ0) is 13.1. The van der Waals surface area contributed by atoms with Crippen LogP contribution in [0.4, 0.5) is 10.1 Å². The van der Waals surface area contributed by atoms with Crippen molar-refractivity contribution in [2.24, 2.45) is 0 Å². The smallest absolute Gasteiger partial charge is 0.128 e. The van der Waals surface area contributed by atoms with E-state index in [0.717, 1.165) is 0 Å². The molecule has 0 aliphatic rings. The van der Waals surface area contributed by atoms with E-state index in [-0.39, 0.29) is 5.75 Å². The lowest BCUT2D eigenvalue weighted by atomic mass is 10.2. The quantitative estimate of drug-likeness (QED) is 0.878. The first-order valence-electron chi connectivity index (χ1n) is 5.25. The second-order valence-electron chi connectivity index (χ2n) is 3.76. The maximum atomic E-state index is 13.6. The van der Waals surface area contributed by atoms with Crippen molar-refractivity contribution in [1.82, 2.24) is 0 Å². The summed E-state index contributed by atoms with van der Waals surface area (Å²) in [5, 5.41) is 0.321. The number of rotatable bonds is 3. The molecule has 0 heterocycles. The van der Waals surface area contributed by atoms with Crippen molar-refractivity contribution in [3.63, 3.8) is 0 Å². The fourth-order valence-electron chi connectivity index (χ4n) is 1.55. The summed E-state index contributed by atoms with van der Waals surface area (Å²) < 4.78 is 25.7. The van der Waals surface area contributed by atoms with Gasteiger partial charge in [-0.15, -0.1) is 0 Å². The van der Waals surface area contributed by atoms with Crippen molar-refractivity contribution in [3.8, 4) is 0 Å². The van der Waals surface area contributed by atoms with Crippen LogP contribution in [0.25, 0.3) is 0 Å². The summed E-state index contributed by atoms with van der Waals surface area (Å²) in [5.74, 6) is -0.373. The molecule has 2 nitrogen and oxygen atoms in total. The van der Waals surface area contributed by atoms with Gasteiger partial charge in [0.15, 0.2) is 0 Å². The standard InChI is InChI=1S/C13H11ClFNOS/c14-10-6-5-9(11(15)7-10)8-18(17)13-4-2-1-3-12(13)16/h1-7H,8,16H2. The lowest BCUT2D eigenvalue weighted by Crippen LogP contribution is -2.02. The van der Waals surface area contributed by atoms with Crippen molar-refractivity contribution in [1.29, 1.82) is 0 Å². The van der Waals surface area contributed by atoms with E-state index >= 15 is 0 Å². The first-order valence-corrected chi connectivity index (χ1v) is 6.94. The van der Waals surface area contributed by atoms with Gasteiger partial charge in [-0.05, 0) is 24.3 Å². The van der Waals surface area contributed by atoms with Gasteiger partial charge < -0.3 is 5.73 Å². The molecule has 1 unspecified atom stereocenters. The molecule has 0 aromatic heterocycles. The van der Waals surface area contributed by atoms with E-state index in [1.807, 2.05) is 0 Å². The summed E-state index contributed by atoms with van der Waals surface area (Å²) in [5.41, 5.74) is 6.54. The first kappa shape index (κ1) is 13.1. The molecule has 1 atom stereocenters. The van der Waals surface area contributed by atoms with Crippen LogP contribution in [0.3, 0.4) is 0 Å². The molecule has 5 heteroatoms. The van der Waals surface area contributed by atoms with Crippen LogP contribution in [0.1, 0.15) is 5.56 Å². The van der Waals surface area contributed by atoms with Crippen LogP contribution in [0.5, 0.6) is 0 Å². The molecule has 0 bridgehead atoms. The number of nitrogen functional groups attached to an aromatic ring is 1. The van der Waals surface area contributed by atoms with Crippen LogP contribution < -0.4 is 5.73 Å². The molecule has 0 saturated heterocycles. The number of benzene rings is 2. The van der Waals surface area contributed by atoms with Crippen LogP contribution in [0, 0.1) is 5.82 Å². The third-order valence-electron chi connectivity index (χ3n) is 2.47. The average Bonchev–Trinajstić information content (AvgIpc) is 2.33. The summed E-state index contributed by atoms with van der Waals surface area (Å²) in [4.78, 5) is 0.520. The molecule has 2 aromatic rings. The van der Waals surface area contributed by atoms with Gasteiger partial charge in [0, 0.05) is 16.3 Å². The fraction of sp³-hybridized carbons (Fsp3) is 0.0769. The van der Waals surface area contributed by atoms with Crippen LogP contribution in [0.2, 0.25) is 5.02 Å². The number of halogens is 2. The molecule has 0 saturated carbocycles. The molecule has 0 aliphatic heterocycles. The Balaban J connectivity index is 2.24. The number of anilines is 1. The molecular weight excluding hydrogens is 273 g/mol. The van der Waals surface area contributed by atoms with Crippen LogP contribution >= 0.6 is 11.6 Å². The minimum atomic E-state index is -1.37. The van der Waals surface area contributed by atoms with Crippen molar-refractivity contribution in [2.75, 3.05) is 5.73 Å². The molecule has 94 valence electrons. The molecule has 0 aliphatic carbocycles. The molecular formula is C13H11ClFNOS. The van der Waals surface area contributed by atoms with Crippen LogP contribution in [-0.2, 0) is 16.6 Å². The Kier molecular flexibility index (Phi) is 3.99. The van der Waals surface area contributed by atoms with E-state index in [9.17, 15) is 8.60 Å². The van der Waals surface area contributed by atoms with Gasteiger partial charge in [0.25, 0.3) is 0 Å². The molecule has 0 amide bonds. The molecule has 0 fully saturated rings. The number of para-hydroxylation sites is 1. The largest absolute Gasteiger partial charge is 0.398 e. The van der Waals surface area contributed by atoms with E-state index in [4.69, 9.17) is 17.3 Å². The minimum absolute atomic E-state index is 0.0806. The predicted octanol–water partition coefficient (Wildman–Crippen LogP) is 3.37. The number of nitrogens with two attached hydrogens (primary N) is 1. The Morgan fingerprint density at radius 2 is 1.94 bits per heavy atom. The summed E-state index contributed by atoms with van der Waals surface area (Å²) >= 11 is 5.66. The molecule has 0 spiro atoms. The summed E-state index contributed by atoms with van der Waals surface area (Å²) in [7, 11) is -1.37. The highest BCUT2D eigenvalue weighted by atomic mass is 35.5. The van der Waals surface area contributed by atoms with Crippen molar-refractivity contribution in [3.05, 3.63) is 58.9 Å². The number of hydrogen-bond donors (Lipinski definition) is 1. The third kappa shape index (κ3) is 2.89. The van der Waals surface area contributed by atoms with Crippen LogP contribution in [0.15, 0.2) is 47.4 Å². The second kappa shape index (κ2) is 5.50. The van der Waals surface area contributed by atoms with E-state index in [2.05, 4.69) is 0 Å². The van der Waals surface area contributed by atoms with Gasteiger partial charge in [0.2, 0.25) is 0 Å². The molecule has 2 aromatic carbocycles. The molecule has 2 rings (SSSR count). The van der Waals surface area contributed by atoms with Crippen molar-refractivity contribution >= 4 is 28.1 Å². The Morgan fingerprint density at radius 3 is 2.61 bits per heavy atom. The van der Waals surface area contributed by atoms with Gasteiger partial charge in [-0.2, -0.15) is 0 Å². The summed E-state index contributed by atoms with van der Waals surface area (Å²) in [6, 6.07) is 11.2. The van der Waals surface area contributed by atoms with E-state index < -0.39 is 16.6 Å². The fourth-order valence-corrected chi connectivity index (χ4v) is 2.94. The van der Waals surface area contributed by atoms with Crippen LogP contribution in [-0.4, -0.2) is 4.21 Å². The zero-order valence-electron chi connectivity index (χ0n) is 9.40.